The van der Waals surface area contributed by atoms with Crippen LogP contribution >= 0.6 is 0 Å². The van der Waals surface area contributed by atoms with Crippen molar-refractivity contribution in [2.24, 2.45) is 5.92 Å². The minimum Gasteiger partial charge on any atom is -0.497 e. The van der Waals surface area contributed by atoms with Crippen LogP contribution in [0.2, 0.25) is 0 Å². The SMILES string of the molecule is CCNCc1cc(OC)ccc1OCC1CC1. The van der Waals surface area contributed by atoms with Crippen LogP contribution in [-0.4, -0.2) is 20.3 Å². The molecule has 0 unspecified atom stereocenters. The molecule has 94 valence electrons. The highest BCUT2D eigenvalue weighted by Crippen LogP contribution is 2.31. The highest BCUT2D eigenvalue weighted by Gasteiger charge is 2.22. The monoisotopic (exact) mass is 235 g/mol. The van der Waals surface area contributed by atoms with Crippen molar-refractivity contribution in [3.8, 4) is 11.5 Å². The number of ether oxygens (including phenoxy) is 2. The molecule has 0 amide bonds. The van der Waals surface area contributed by atoms with Crippen molar-refractivity contribution in [1.29, 1.82) is 0 Å². The van der Waals surface area contributed by atoms with Crippen LogP contribution in [0.1, 0.15) is 25.3 Å². The molecule has 3 nitrogen and oxygen atoms in total. The van der Waals surface area contributed by atoms with Crippen LogP contribution in [0.5, 0.6) is 11.5 Å². The molecule has 0 saturated heterocycles. The van der Waals surface area contributed by atoms with Crippen LogP contribution < -0.4 is 14.8 Å². The van der Waals surface area contributed by atoms with Crippen molar-refractivity contribution in [3.63, 3.8) is 0 Å². The van der Waals surface area contributed by atoms with E-state index >= 15 is 0 Å². The molecule has 0 aromatic heterocycles. The summed E-state index contributed by atoms with van der Waals surface area (Å²) in [5, 5.41) is 3.32. The lowest BCUT2D eigenvalue weighted by molar-refractivity contribution is 0.295. The summed E-state index contributed by atoms with van der Waals surface area (Å²) >= 11 is 0. The number of rotatable bonds is 7. The van der Waals surface area contributed by atoms with Gasteiger partial charge in [-0.1, -0.05) is 6.92 Å². The van der Waals surface area contributed by atoms with Crippen molar-refractivity contribution in [2.75, 3.05) is 20.3 Å². The largest absolute Gasteiger partial charge is 0.497 e. The lowest BCUT2D eigenvalue weighted by Gasteiger charge is -2.13. The molecule has 1 aliphatic carbocycles. The van der Waals surface area contributed by atoms with Crippen molar-refractivity contribution in [1.82, 2.24) is 5.32 Å². The minimum atomic E-state index is 0.782. The smallest absolute Gasteiger partial charge is 0.124 e. The van der Waals surface area contributed by atoms with Crippen molar-refractivity contribution >= 4 is 0 Å². The first-order valence-corrected chi connectivity index (χ1v) is 6.34. The predicted molar refractivity (Wildman–Crippen MR) is 68.6 cm³/mol. The van der Waals surface area contributed by atoms with E-state index in [9.17, 15) is 0 Å². The average Bonchev–Trinajstić information content (AvgIpc) is 3.18. The second-order valence-corrected chi connectivity index (χ2v) is 4.51. The van der Waals surface area contributed by atoms with Gasteiger partial charge in [-0.15, -0.1) is 0 Å². The Morgan fingerprint density at radius 3 is 2.82 bits per heavy atom. The second-order valence-electron chi connectivity index (χ2n) is 4.51. The Bertz CT molecular complexity index is 361. The molecule has 0 spiro atoms. The average molecular weight is 235 g/mol. The van der Waals surface area contributed by atoms with Crippen LogP contribution in [0.25, 0.3) is 0 Å². The van der Waals surface area contributed by atoms with E-state index in [-0.39, 0.29) is 0 Å². The Kier molecular flexibility index (Phi) is 4.26. The van der Waals surface area contributed by atoms with Crippen LogP contribution in [0.15, 0.2) is 18.2 Å². The molecule has 1 fully saturated rings. The minimum absolute atomic E-state index is 0.782. The maximum atomic E-state index is 5.86. The summed E-state index contributed by atoms with van der Waals surface area (Å²) in [7, 11) is 1.69. The van der Waals surface area contributed by atoms with Gasteiger partial charge in [-0.2, -0.15) is 0 Å². The maximum absolute atomic E-state index is 5.86. The van der Waals surface area contributed by atoms with E-state index in [1.54, 1.807) is 7.11 Å². The van der Waals surface area contributed by atoms with Gasteiger partial charge in [0.1, 0.15) is 11.5 Å². The molecule has 0 bridgehead atoms. The van der Waals surface area contributed by atoms with Gasteiger partial charge in [0.05, 0.1) is 13.7 Å². The van der Waals surface area contributed by atoms with E-state index in [1.807, 2.05) is 18.2 Å². The third-order valence-electron chi connectivity index (χ3n) is 3.00. The lowest BCUT2D eigenvalue weighted by atomic mass is 10.2. The van der Waals surface area contributed by atoms with Crippen LogP contribution in [0.3, 0.4) is 0 Å². The molecular formula is C14H21NO2. The van der Waals surface area contributed by atoms with E-state index in [2.05, 4.69) is 12.2 Å². The molecule has 0 aliphatic heterocycles. The fraction of sp³-hybridized carbons (Fsp3) is 0.571. The molecule has 0 atom stereocenters. The number of hydrogen-bond acceptors (Lipinski definition) is 3. The molecule has 1 saturated carbocycles. The van der Waals surface area contributed by atoms with Crippen LogP contribution in [0, 0.1) is 5.92 Å². The van der Waals surface area contributed by atoms with Crippen molar-refractivity contribution in [2.45, 2.75) is 26.3 Å². The molecule has 0 heterocycles. The first-order valence-electron chi connectivity index (χ1n) is 6.34. The Labute approximate surface area is 103 Å². The van der Waals surface area contributed by atoms with E-state index in [1.165, 1.54) is 18.4 Å². The molecule has 1 N–H and O–H groups in total. The Morgan fingerprint density at radius 2 is 2.18 bits per heavy atom. The van der Waals surface area contributed by atoms with Gasteiger partial charge in [-0.25, -0.2) is 0 Å². The molecule has 1 aromatic carbocycles. The summed E-state index contributed by atoms with van der Waals surface area (Å²) in [6.45, 7) is 4.74. The molecule has 2 rings (SSSR count). The second kappa shape index (κ2) is 5.92. The van der Waals surface area contributed by atoms with Crippen LogP contribution in [0.4, 0.5) is 0 Å². The third kappa shape index (κ3) is 3.63. The number of nitrogens with one attached hydrogen (secondary N) is 1. The van der Waals surface area contributed by atoms with E-state index in [0.29, 0.717) is 0 Å². The Balaban J connectivity index is 2.03. The lowest BCUT2D eigenvalue weighted by Crippen LogP contribution is -2.13. The summed E-state index contributed by atoms with van der Waals surface area (Å²) in [5.74, 6) is 2.65. The van der Waals surface area contributed by atoms with Gasteiger partial charge in [-0.05, 0) is 43.5 Å². The molecule has 1 aromatic rings. The molecule has 3 heteroatoms. The topological polar surface area (TPSA) is 30.5 Å². The van der Waals surface area contributed by atoms with Crippen molar-refractivity contribution in [3.05, 3.63) is 23.8 Å². The fourth-order valence-corrected chi connectivity index (χ4v) is 1.71. The molecule has 0 radical (unpaired) electrons. The molecular weight excluding hydrogens is 214 g/mol. The summed E-state index contributed by atoms with van der Waals surface area (Å²) < 4.78 is 11.1. The van der Waals surface area contributed by atoms with Gasteiger partial charge in [0.25, 0.3) is 0 Å². The predicted octanol–water partition coefficient (Wildman–Crippen LogP) is 2.59. The third-order valence-corrected chi connectivity index (χ3v) is 3.00. The first-order chi connectivity index (χ1) is 8.33. The van der Waals surface area contributed by atoms with Gasteiger partial charge < -0.3 is 14.8 Å². The summed E-state index contributed by atoms with van der Waals surface area (Å²) in [4.78, 5) is 0. The van der Waals surface area contributed by atoms with Gasteiger partial charge in [0, 0.05) is 12.1 Å². The van der Waals surface area contributed by atoms with Gasteiger partial charge in [-0.3, -0.25) is 0 Å². The quantitative estimate of drug-likeness (QED) is 0.788. The van der Waals surface area contributed by atoms with E-state index < -0.39 is 0 Å². The zero-order chi connectivity index (χ0) is 12.1. The number of hydrogen-bond donors (Lipinski definition) is 1. The standard InChI is InChI=1S/C14H21NO2/c1-3-15-9-12-8-13(16-2)6-7-14(12)17-10-11-4-5-11/h6-8,11,15H,3-5,9-10H2,1-2H3. The normalized spacial score (nSPS) is 14.7. The van der Waals surface area contributed by atoms with Gasteiger partial charge in [0.15, 0.2) is 0 Å². The highest BCUT2D eigenvalue weighted by atomic mass is 16.5. The fourth-order valence-electron chi connectivity index (χ4n) is 1.71. The number of methoxy groups -OCH3 is 1. The summed E-state index contributed by atoms with van der Waals surface area (Å²) in [5.41, 5.74) is 1.17. The Morgan fingerprint density at radius 1 is 1.35 bits per heavy atom. The van der Waals surface area contributed by atoms with E-state index in [0.717, 1.165) is 37.1 Å². The van der Waals surface area contributed by atoms with Crippen LogP contribution in [-0.2, 0) is 6.54 Å². The Hall–Kier alpha value is -1.22. The van der Waals surface area contributed by atoms with Gasteiger partial charge >= 0.3 is 0 Å². The molecule has 17 heavy (non-hydrogen) atoms. The first kappa shape index (κ1) is 12.2. The zero-order valence-electron chi connectivity index (χ0n) is 10.7. The highest BCUT2D eigenvalue weighted by molar-refractivity contribution is 5.40. The summed E-state index contributed by atoms with van der Waals surface area (Å²) in [6, 6.07) is 6.01. The van der Waals surface area contributed by atoms with Crippen molar-refractivity contribution < 1.29 is 9.47 Å². The van der Waals surface area contributed by atoms with E-state index in [4.69, 9.17) is 9.47 Å². The maximum Gasteiger partial charge on any atom is 0.124 e. The zero-order valence-corrected chi connectivity index (χ0v) is 10.7. The van der Waals surface area contributed by atoms with Gasteiger partial charge in [0.2, 0.25) is 0 Å². The molecule has 1 aliphatic rings. The number of benzene rings is 1. The summed E-state index contributed by atoms with van der Waals surface area (Å²) in [6.07, 6.45) is 2.64.